The van der Waals surface area contributed by atoms with Crippen LogP contribution in [0.2, 0.25) is 0 Å². The summed E-state index contributed by atoms with van der Waals surface area (Å²) in [5.74, 6) is -1.05. The van der Waals surface area contributed by atoms with Crippen LogP contribution in [0.25, 0.3) is 0 Å². The van der Waals surface area contributed by atoms with E-state index in [9.17, 15) is 22.8 Å². The van der Waals surface area contributed by atoms with Gasteiger partial charge in [-0.3, -0.25) is 14.4 Å². The molecule has 1 aromatic carbocycles. The molecule has 1 saturated heterocycles. The predicted octanol–water partition coefficient (Wildman–Crippen LogP) is 2.38. The molecule has 2 amide bonds. The molecule has 0 bridgehead atoms. The second-order valence-electron chi connectivity index (χ2n) is 8.56. The fourth-order valence-corrected chi connectivity index (χ4v) is 6.60. The summed E-state index contributed by atoms with van der Waals surface area (Å²) in [6, 6.07) is 11.1. The Morgan fingerprint density at radius 3 is 2.43 bits per heavy atom. The number of rotatable bonds is 6. The molecule has 2 aromatic rings. The SMILES string of the molecule is CN(C)C=O.O=C(OCC(=O)N1CCCc2ccccc21)C1CCN(S(=O)(=O)c2cccs2)CC1. The number of esters is 1. The summed E-state index contributed by atoms with van der Waals surface area (Å²) in [5.41, 5.74) is 2.01. The third-order valence-electron chi connectivity index (χ3n) is 5.84. The molecule has 1 aromatic heterocycles. The Balaban J connectivity index is 0.000000623. The van der Waals surface area contributed by atoms with Crippen LogP contribution in [-0.2, 0) is 35.6 Å². The number of fused-ring (bicyclic) bond motifs is 1. The van der Waals surface area contributed by atoms with Crippen LogP contribution >= 0.6 is 11.3 Å². The van der Waals surface area contributed by atoms with Crippen molar-refractivity contribution in [2.75, 3.05) is 45.2 Å². The molecular weight excluding hydrogens is 490 g/mol. The number of carbonyl (C=O) groups excluding carboxylic acids is 3. The minimum Gasteiger partial charge on any atom is -0.455 e. The molecule has 35 heavy (non-hydrogen) atoms. The Morgan fingerprint density at radius 1 is 1.11 bits per heavy atom. The van der Waals surface area contributed by atoms with Crippen molar-refractivity contribution in [3.05, 3.63) is 47.3 Å². The van der Waals surface area contributed by atoms with Gasteiger partial charge in [-0.15, -0.1) is 11.3 Å². The molecule has 9 nitrogen and oxygen atoms in total. The third kappa shape index (κ3) is 6.89. The fraction of sp³-hybridized carbons (Fsp3) is 0.458. The van der Waals surface area contributed by atoms with Gasteiger partial charge in [-0.25, -0.2) is 8.42 Å². The quantitative estimate of drug-likeness (QED) is 0.427. The zero-order chi connectivity index (χ0) is 25.4. The summed E-state index contributed by atoms with van der Waals surface area (Å²) in [7, 11) is -0.123. The minimum absolute atomic E-state index is 0.229. The second kappa shape index (κ2) is 12.3. The summed E-state index contributed by atoms with van der Waals surface area (Å²) in [4.78, 5) is 37.6. The zero-order valence-electron chi connectivity index (χ0n) is 20.0. The van der Waals surface area contributed by atoms with Crippen LogP contribution in [0.3, 0.4) is 0 Å². The number of hydrogen-bond donors (Lipinski definition) is 0. The largest absolute Gasteiger partial charge is 0.455 e. The Hall–Kier alpha value is -2.76. The van der Waals surface area contributed by atoms with Crippen molar-refractivity contribution in [1.29, 1.82) is 0 Å². The van der Waals surface area contributed by atoms with E-state index < -0.39 is 16.0 Å². The van der Waals surface area contributed by atoms with Gasteiger partial charge in [0.2, 0.25) is 6.41 Å². The molecule has 4 rings (SSSR count). The highest BCUT2D eigenvalue weighted by atomic mass is 32.2. The number of benzene rings is 1. The van der Waals surface area contributed by atoms with Crippen LogP contribution in [0.5, 0.6) is 0 Å². The molecule has 0 atom stereocenters. The molecule has 0 N–H and O–H groups in total. The number of thiophene rings is 1. The maximum Gasteiger partial charge on any atom is 0.309 e. The van der Waals surface area contributed by atoms with Gasteiger partial charge in [0.25, 0.3) is 15.9 Å². The van der Waals surface area contributed by atoms with E-state index in [0.717, 1.165) is 30.5 Å². The standard InChI is InChI=1S/C21H24N2O5S2.C3H7NO/c24-19(23-11-3-6-16-5-1-2-7-18(16)23)15-28-21(25)17-9-12-22(13-10-17)30(26,27)20-8-4-14-29-20;1-4(2)3-5/h1-2,4-5,7-8,14,17H,3,6,9-13,15H2;3H,1-2H3. The Kier molecular flexibility index (Phi) is 9.41. The average Bonchev–Trinajstić information content (AvgIpc) is 3.43. The van der Waals surface area contributed by atoms with E-state index in [-0.39, 0.29) is 31.5 Å². The lowest BCUT2D eigenvalue weighted by Gasteiger charge is -2.31. The first-order valence-corrected chi connectivity index (χ1v) is 13.8. The molecule has 0 unspecified atom stereocenters. The zero-order valence-corrected chi connectivity index (χ0v) is 21.6. The lowest BCUT2D eigenvalue weighted by molar-refractivity contribution is -0.153. The van der Waals surface area contributed by atoms with E-state index in [2.05, 4.69) is 0 Å². The lowest BCUT2D eigenvalue weighted by atomic mass is 9.98. The molecule has 190 valence electrons. The normalized spacial score (nSPS) is 16.5. The molecule has 2 aliphatic rings. The lowest BCUT2D eigenvalue weighted by Crippen LogP contribution is -2.41. The molecule has 0 spiro atoms. The van der Waals surface area contributed by atoms with Crippen molar-refractivity contribution in [3.63, 3.8) is 0 Å². The average molecular weight is 522 g/mol. The minimum atomic E-state index is -3.50. The van der Waals surface area contributed by atoms with Crippen LogP contribution in [0.1, 0.15) is 24.8 Å². The Bertz CT molecular complexity index is 1110. The first kappa shape index (κ1) is 26.8. The third-order valence-corrected chi connectivity index (χ3v) is 9.11. The van der Waals surface area contributed by atoms with Crippen molar-refractivity contribution >= 4 is 45.3 Å². The maximum absolute atomic E-state index is 12.6. The number of sulfonamides is 1. The van der Waals surface area contributed by atoms with E-state index in [1.165, 1.54) is 20.5 Å². The van der Waals surface area contributed by atoms with Crippen LogP contribution in [0.4, 0.5) is 5.69 Å². The molecule has 3 heterocycles. The van der Waals surface area contributed by atoms with Crippen LogP contribution in [0.15, 0.2) is 46.0 Å². The second-order valence-corrected chi connectivity index (χ2v) is 11.7. The summed E-state index contributed by atoms with van der Waals surface area (Å²) < 4.78 is 32.2. The summed E-state index contributed by atoms with van der Waals surface area (Å²) in [5, 5.41) is 1.73. The maximum atomic E-state index is 12.6. The number of ether oxygens (including phenoxy) is 1. The van der Waals surface area contributed by atoms with Gasteiger partial charge in [-0.1, -0.05) is 24.3 Å². The van der Waals surface area contributed by atoms with Gasteiger partial charge < -0.3 is 14.5 Å². The monoisotopic (exact) mass is 521 g/mol. The number of para-hydroxylation sites is 1. The van der Waals surface area contributed by atoms with Crippen LogP contribution in [-0.4, -0.2) is 76.2 Å². The van der Waals surface area contributed by atoms with Crippen molar-refractivity contribution in [2.45, 2.75) is 29.9 Å². The number of hydrogen-bond acceptors (Lipinski definition) is 7. The van der Waals surface area contributed by atoms with Gasteiger partial charge in [0, 0.05) is 39.4 Å². The van der Waals surface area contributed by atoms with Crippen molar-refractivity contribution in [2.24, 2.45) is 5.92 Å². The molecule has 2 aliphatic heterocycles. The topological polar surface area (TPSA) is 104 Å². The molecule has 0 saturated carbocycles. The van der Waals surface area contributed by atoms with E-state index >= 15 is 0 Å². The van der Waals surface area contributed by atoms with Crippen molar-refractivity contribution in [3.8, 4) is 0 Å². The highest BCUT2D eigenvalue weighted by Crippen LogP contribution is 2.28. The van der Waals surface area contributed by atoms with Gasteiger partial charge in [-0.2, -0.15) is 4.31 Å². The highest BCUT2D eigenvalue weighted by molar-refractivity contribution is 7.91. The van der Waals surface area contributed by atoms with Crippen molar-refractivity contribution in [1.82, 2.24) is 9.21 Å². The van der Waals surface area contributed by atoms with Gasteiger partial charge in [0.05, 0.1) is 5.92 Å². The molecule has 0 radical (unpaired) electrons. The van der Waals surface area contributed by atoms with Gasteiger partial charge in [0.15, 0.2) is 6.61 Å². The summed E-state index contributed by atoms with van der Waals surface area (Å²) >= 11 is 1.19. The summed E-state index contributed by atoms with van der Waals surface area (Å²) in [6.07, 6.45) is 3.36. The Labute approximate surface area is 210 Å². The molecule has 0 aliphatic carbocycles. The molecular formula is C24H31N3O6S2. The van der Waals surface area contributed by atoms with Crippen molar-refractivity contribution < 1.29 is 27.5 Å². The Morgan fingerprint density at radius 2 is 1.80 bits per heavy atom. The first-order valence-electron chi connectivity index (χ1n) is 11.4. The van der Waals surface area contributed by atoms with E-state index in [4.69, 9.17) is 4.74 Å². The van der Waals surface area contributed by atoms with Gasteiger partial charge in [0.1, 0.15) is 4.21 Å². The van der Waals surface area contributed by atoms with E-state index in [1.807, 2.05) is 24.3 Å². The van der Waals surface area contributed by atoms with Crippen LogP contribution < -0.4 is 4.90 Å². The van der Waals surface area contributed by atoms with Gasteiger partial charge in [-0.05, 0) is 48.8 Å². The number of amides is 2. The number of piperidine rings is 1. The van der Waals surface area contributed by atoms with Crippen LogP contribution in [0, 0.1) is 5.92 Å². The fourth-order valence-electron chi connectivity index (χ4n) is 3.99. The van der Waals surface area contributed by atoms with Gasteiger partial charge >= 0.3 is 5.97 Å². The number of nitrogens with zero attached hydrogens (tertiary/aromatic N) is 3. The molecule has 11 heteroatoms. The first-order chi connectivity index (χ1) is 16.7. The summed E-state index contributed by atoms with van der Waals surface area (Å²) in [6.45, 7) is 0.869. The van der Waals surface area contributed by atoms with E-state index in [1.54, 1.807) is 36.5 Å². The predicted molar refractivity (Wildman–Crippen MR) is 134 cm³/mol. The number of anilines is 1. The highest BCUT2D eigenvalue weighted by Gasteiger charge is 2.33. The number of carbonyl (C=O) groups is 3. The smallest absolute Gasteiger partial charge is 0.309 e. The molecule has 1 fully saturated rings. The number of aryl methyl sites for hydroxylation is 1. The van der Waals surface area contributed by atoms with E-state index in [0.29, 0.717) is 23.6 Å².